The monoisotopic (exact) mass is 341 g/mol. The highest BCUT2D eigenvalue weighted by molar-refractivity contribution is 5.90. The van der Waals surface area contributed by atoms with Crippen LogP contribution in [0.1, 0.15) is 40.5 Å². The number of hydrogen-bond acceptors (Lipinski definition) is 6. The van der Waals surface area contributed by atoms with Gasteiger partial charge in [0.1, 0.15) is 23.9 Å². The van der Waals surface area contributed by atoms with E-state index in [2.05, 4.69) is 20.1 Å². The summed E-state index contributed by atoms with van der Waals surface area (Å²) < 4.78 is 9.83. The molecule has 2 amide bonds. The van der Waals surface area contributed by atoms with Crippen LogP contribution in [0.15, 0.2) is 5.11 Å². The molecule has 1 fully saturated rings. The quantitative estimate of drug-likeness (QED) is 0.359. The number of ether oxygens (including phenoxy) is 2. The van der Waals surface area contributed by atoms with Crippen molar-refractivity contribution in [3.8, 4) is 0 Å². The Labute approximate surface area is 140 Å². The average Bonchev–Trinajstić information content (AvgIpc) is 2.88. The van der Waals surface area contributed by atoms with Crippen LogP contribution < -0.4 is 5.32 Å². The molecular weight excluding hydrogens is 318 g/mol. The summed E-state index contributed by atoms with van der Waals surface area (Å²) in [7, 11) is 1.21. The SMILES string of the molecule is COC(=O)[C@H](C)NC(=O)[C@@H]1CC[C@H](N=[N+]=[N-])N1C(=O)OC(C)(C)C. The Morgan fingerprint density at radius 1 is 1.33 bits per heavy atom. The lowest BCUT2D eigenvalue weighted by Crippen LogP contribution is -2.52. The molecule has 0 aromatic carbocycles. The third-order valence-corrected chi connectivity index (χ3v) is 3.36. The molecule has 10 heteroatoms. The summed E-state index contributed by atoms with van der Waals surface area (Å²) in [6.07, 6.45) is -0.936. The van der Waals surface area contributed by atoms with Gasteiger partial charge in [0.2, 0.25) is 5.91 Å². The molecule has 0 spiro atoms. The lowest BCUT2D eigenvalue weighted by atomic mass is 10.2. The molecule has 10 nitrogen and oxygen atoms in total. The molecule has 1 aliphatic heterocycles. The molecular formula is C14H23N5O5. The molecule has 0 saturated carbocycles. The van der Waals surface area contributed by atoms with E-state index >= 15 is 0 Å². The van der Waals surface area contributed by atoms with Crippen molar-refractivity contribution >= 4 is 18.0 Å². The first-order valence-corrected chi connectivity index (χ1v) is 7.54. The maximum absolute atomic E-state index is 12.4. The highest BCUT2D eigenvalue weighted by Crippen LogP contribution is 2.28. The number of nitrogens with zero attached hydrogens (tertiary/aromatic N) is 4. The van der Waals surface area contributed by atoms with Gasteiger partial charge >= 0.3 is 12.1 Å². The van der Waals surface area contributed by atoms with Crippen molar-refractivity contribution < 1.29 is 23.9 Å². The number of carbonyl (C=O) groups excluding carboxylic acids is 3. The van der Waals surface area contributed by atoms with Crippen molar-refractivity contribution in [1.29, 1.82) is 0 Å². The number of likely N-dealkylation sites (tertiary alicyclic amines) is 1. The van der Waals surface area contributed by atoms with E-state index < -0.39 is 41.8 Å². The van der Waals surface area contributed by atoms with Crippen LogP contribution in [0.2, 0.25) is 0 Å². The lowest BCUT2D eigenvalue weighted by molar-refractivity contribution is -0.145. The third-order valence-electron chi connectivity index (χ3n) is 3.36. The molecule has 0 radical (unpaired) electrons. The second-order valence-electron chi connectivity index (χ2n) is 6.42. The van der Waals surface area contributed by atoms with E-state index in [4.69, 9.17) is 10.3 Å². The number of methoxy groups -OCH3 is 1. The van der Waals surface area contributed by atoms with E-state index in [0.717, 1.165) is 4.90 Å². The highest BCUT2D eigenvalue weighted by Gasteiger charge is 2.43. The number of esters is 1. The molecule has 1 N–H and O–H groups in total. The van der Waals surface area contributed by atoms with Crippen molar-refractivity contribution in [3.05, 3.63) is 10.4 Å². The van der Waals surface area contributed by atoms with Gasteiger partial charge in [0.25, 0.3) is 0 Å². The second kappa shape index (κ2) is 7.87. The summed E-state index contributed by atoms with van der Waals surface area (Å²) in [4.78, 5) is 40.0. The fourth-order valence-corrected chi connectivity index (χ4v) is 2.33. The minimum atomic E-state index is -0.887. The minimum absolute atomic E-state index is 0.294. The maximum Gasteiger partial charge on any atom is 0.411 e. The van der Waals surface area contributed by atoms with Crippen LogP contribution in [0.5, 0.6) is 0 Å². The van der Waals surface area contributed by atoms with E-state index in [1.54, 1.807) is 20.8 Å². The first-order chi connectivity index (χ1) is 11.1. The standard InChI is InChI=1S/C14H23N5O5/c1-8(12(21)23-5)16-11(20)9-6-7-10(17-18-15)19(9)13(22)24-14(2,3)4/h8-10H,6-7H2,1-5H3,(H,16,20)/t8-,9-,10+/m0/s1. The van der Waals surface area contributed by atoms with Gasteiger partial charge in [-0.1, -0.05) is 5.11 Å². The van der Waals surface area contributed by atoms with Crippen LogP contribution in [0.3, 0.4) is 0 Å². The number of carbonyl (C=O) groups is 3. The Kier molecular flexibility index (Phi) is 6.42. The zero-order valence-electron chi connectivity index (χ0n) is 14.5. The number of nitrogens with one attached hydrogen (secondary N) is 1. The van der Waals surface area contributed by atoms with E-state index in [1.807, 2.05) is 0 Å². The smallest absolute Gasteiger partial charge is 0.411 e. The molecule has 1 saturated heterocycles. The molecule has 0 bridgehead atoms. The fourth-order valence-electron chi connectivity index (χ4n) is 2.33. The summed E-state index contributed by atoms with van der Waals surface area (Å²) in [6.45, 7) is 6.55. The summed E-state index contributed by atoms with van der Waals surface area (Å²) in [5, 5.41) is 6.04. The Morgan fingerprint density at radius 2 is 1.96 bits per heavy atom. The fraction of sp³-hybridized carbons (Fsp3) is 0.786. The Morgan fingerprint density at radius 3 is 2.46 bits per heavy atom. The molecule has 0 aromatic rings. The summed E-state index contributed by atoms with van der Waals surface area (Å²) in [5.74, 6) is -1.13. The van der Waals surface area contributed by atoms with Gasteiger partial charge in [-0.15, -0.1) is 0 Å². The molecule has 0 unspecified atom stereocenters. The molecule has 134 valence electrons. The van der Waals surface area contributed by atoms with Gasteiger partial charge in [-0.25, -0.2) is 9.59 Å². The van der Waals surface area contributed by atoms with Crippen LogP contribution in [-0.2, 0) is 19.1 Å². The topological polar surface area (TPSA) is 134 Å². The molecule has 1 heterocycles. The van der Waals surface area contributed by atoms with Crippen molar-refractivity contribution in [2.45, 2.75) is 64.4 Å². The first kappa shape index (κ1) is 19.6. The Balaban J connectivity index is 2.94. The van der Waals surface area contributed by atoms with E-state index in [-0.39, 0.29) is 0 Å². The molecule has 0 aromatic heterocycles. The highest BCUT2D eigenvalue weighted by atomic mass is 16.6. The third kappa shape index (κ3) is 5.02. The van der Waals surface area contributed by atoms with E-state index in [9.17, 15) is 14.4 Å². The van der Waals surface area contributed by atoms with E-state index in [0.29, 0.717) is 12.8 Å². The number of rotatable bonds is 4. The Hall–Kier alpha value is -2.48. The van der Waals surface area contributed by atoms with E-state index in [1.165, 1.54) is 14.0 Å². The van der Waals surface area contributed by atoms with Gasteiger partial charge in [0, 0.05) is 4.91 Å². The number of amides is 2. The van der Waals surface area contributed by atoms with Crippen LogP contribution >= 0.6 is 0 Å². The molecule has 24 heavy (non-hydrogen) atoms. The van der Waals surface area contributed by atoms with Crippen molar-refractivity contribution in [2.75, 3.05) is 7.11 Å². The second-order valence-corrected chi connectivity index (χ2v) is 6.42. The first-order valence-electron chi connectivity index (χ1n) is 7.54. The number of hydrogen-bond donors (Lipinski definition) is 1. The maximum atomic E-state index is 12.4. The number of azide groups is 1. The predicted molar refractivity (Wildman–Crippen MR) is 83.6 cm³/mol. The van der Waals surface area contributed by atoms with Crippen LogP contribution in [0.4, 0.5) is 4.79 Å². The van der Waals surface area contributed by atoms with Crippen LogP contribution in [0.25, 0.3) is 10.4 Å². The van der Waals surface area contributed by atoms with Crippen LogP contribution in [-0.4, -0.2) is 53.8 Å². The van der Waals surface area contributed by atoms with Gasteiger partial charge in [0.15, 0.2) is 0 Å². The molecule has 1 rings (SSSR count). The van der Waals surface area contributed by atoms with Gasteiger partial charge in [-0.3, -0.25) is 9.69 Å². The van der Waals surface area contributed by atoms with Crippen molar-refractivity contribution in [1.82, 2.24) is 10.2 Å². The summed E-state index contributed by atoms with van der Waals surface area (Å²) in [6, 6.07) is -1.75. The molecule has 1 aliphatic rings. The molecule has 3 atom stereocenters. The zero-order chi connectivity index (χ0) is 18.5. The largest absolute Gasteiger partial charge is 0.467 e. The minimum Gasteiger partial charge on any atom is -0.467 e. The summed E-state index contributed by atoms with van der Waals surface area (Å²) >= 11 is 0. The average molecular weight is 341 g/mol. The molecule has 0 aliphatic carbocycles. The van der Waals surface area contributed by atoms with Gasteiger partial charge in [-0.05, 0) is 46.1 Å². The van der Waals surface area contributed by atoms with Crippen molar-refractivity contribution in [2.24, 2.45) is 5.11 Å². The van der Waals surface area contributed by atoms with Crippen molar-refractivity contribution in [3.63, 3.8) is 0 Å². The lowest BCUT2D eigenvalue weighted by Gasteiger charge is -2.30. The summed E-state index contributed by atoms with van der Waals surface area (Å²) in [5.41, 5.74) is 7.89. The van der Waals surface area contributed by atoms with Gasteiger partial charge in [0.05, 0.1) is 7.11 Å². The Bertz CT molecular complexity index is 552. The van der Waals surface area contributed by atoms with Gasteiger partial charge in [-0.2, -0.15) is 0 Å². The van der Waals surface area contributed by atoms with Gasteiger partial charge < -0.3 is 14.8 Å². The zero-order valence-corrected chi connectivity index (χ0v) is 14.5. The predicted octanol–water partition coefficient (Wildman–Crippen LogP) is 1.70. The van der Waals surface area contributed by atoms with Crippen LogP contribution in [0, 0.1) is 0 Å². The normalized spacial score (nSPS) is 21.5.